The molecule has 4 heteroatoms. The minimum Gasteiger partial charge on any atom is -0.310 e. The molecule has 0 atom stereocenters. The van der Waals surface area contributed by atoms with Gasteiger partial charge in [0.1, 0.15) is 5.01 Å². The molecule has 2 nitrogen and oxygen atoms in total. The van der Waals surface area contributed by atoms with Crippen molar-refractivity contribution in [3.63, 3.8) is 0 Å². The van der Waals surface area contributed by atoms with Gasteiger partial charge in [0, 0.05) is 27.2 Å². The first kappa shape index (κ1) is 34.7. The molecule has 0 fully saturated rings. The maximum atomic E-state index is 4.90. The van der Waals surface area contributed by atoms with Gasteiger partial charge in [-0.1, -0.05) is 170 Å². The van der Waals surface area contributed by atoms with Gasteiger partial charge < -0.3 is 4.90 Å². The second-order valence-electron chi connectivity index (χ2n) is 14.1. The molecule has 0 radical (unpaired) electrons. The average Bonchev–Trinajstić information content (AvgIpc) is 3.71. The molecule has 10 aromatic rings. The number of thiol groups is 1. The maximum Gasteiger partial charge on any atom is 0.124 e. The molecular weight excluding hydrogens is 729 g/mol. The molecule has 270 valence electrons. The Balaban J connectivity index is 1.00. The van der Waals surface area contributed by atoms with E-state index in [1.165, 1.54) is 33.0 Å². The van der Waals surface area contributed by atoms with E-state index in [0.717, 1.165) is 65.0 Å². The Morgan fingerprint density at radius 2 is 0.842 bits per heavy atom. The lowest BCUT2D eigenvalue weighted by Crippen LogP contribution is -2.10. The summed E-state index contributed by atoms with van der Waals surface area (Å²) in [7, 11) is 0. The number of hydrogen-bond acceptors (Lipinski definition) is 4. The monoisotopic (exact) mass is 764 g/mol. The first-order valence-electron chi connectivity index (χ1n) is 19.1. The van der Waals surface area contributed by atoms with Gasteiger partial charge >= 0.3 is 0 Å². The van der Waals surface area contributed by atoms with Crippen LogP contribution in [0, 0.1) is 0 Å². The van der Waals surface area contributed by atoms with Crippen molar-refractivity contribution in [2.45, 2.75) is 4.90 Å². The van der Waals surface area contributed by atoms with Crippen molar-refractivity contribution in [1.29, 1.82) is 0 Å². The van der Waals surface area contributed by atoms with Crippen molar-refractivity contribution < 1.29 is 0 Å². The average molecular weight is 765 g/mol. The first-order chi connectivity index (χ1) is 28.2. The zero-order chi connectivity index (χ0) is 38.1. The van der Waals surface area contributed by atoms with E-state index >= 15 is 0 Å². The van der Waals surface area contributed by atoms with E-state index < -0.39 is 0 Å². The van der Waals surface area contributed by atoms with Crippen molar-refractivity contribution in [2.75, 3.05) is 4.90 Å². The Bertz CT molecular complexity index is 2980. The van der Waals surface area contributed by atoms with Gasteiger partial charge in [-0.3, -0.25) is 0 Å². The van der Waals surface area contributed by atoms with E-state index in [9.17, 15) is 0 Å². The van der Waals surface area contributed by atoms with E-state index in [2.05, 4.69) is 211 Å². The van der Waals surface area contributed by atoms with Crippen LogP contribution in [0.2, 0.25) is 0 Å². The quantitative estimate of drug-likeness (QED) is 0.155. The van der Waals surface area contributed by atoms with Gasteiger partial charge in [0.2, 0.25) is 0 Å². The van der Waals surface area contributed by atoms with Gasteiger partial charge in [-0.2, -0.15) is 0 Å². The standard InChI is InChI=1S/C53H36N2S2/c56-51-35-49-52(57-53(54-49)42-16-8-3-9-17-42)34-48(51)41-22-20-37(21-23-41)39-26-30-44(31-27-39)55(43-28-24-38(25-29-43)36-12-4-1-5-13-36)50-33-32-45(40-14-6-2-7-15-40)46-18-10-11-19-47(46)50/h1-35,56H. The molecular formula is C53H36N2S2. The second-order valence-corrected chi connectivity index (χ2v) is 15.7. The van der Waals surface area contributed by atoms with E-state index in [0.29, 0.717) is 0 Å². The molecule has 0 spiro atoms. The molecule has 0 bridgehead atoms. The summed E-state index contributed by atoms with van der Waals surface area (Å²) < 4.78 is 1.16. The Morgan fingerprint density at radius 1 is 0.386 bits per heavy atom. The molecule has 0 aliphatic carbocycles. The van der Waals surface area contributed by atoms with Gasteiger partial charge in [-0.05, 0) is 92.4 Å². The van der Waals surface area contributed by atoms with Crippen LogP contribution in [0.5, 0.6) is 0 Å². The fourth-order valence-electron chi connectivity index (χ4n) is 7.75. The minimum absolute atomic E-state index is 0.922. The summed E-state index contributed by atoms with van der Waals surface area (Å²) in [4.78, 5) is 8.21. The molecule has 0 aliphatic rings. The van der Waals surface area contributed by atoms with Crippen molar-refractivity contribution in [3.8, 4) is 55.1 Å². The van der Waals surface area contributed by atoms with Crippen molar-refractivity contribution in [2.24, 2.45) is 0 Å². The fourth-order valence-corrected chi connectivity index (χ4v) is 9.06. The van der Waals surface area contributed by atoms with Crippen molar-refractivity contribution >= 4 is 62.0 Å². The Morgan fingerprint density at radius 3 is 1.44 bits per heavy atom. The van der Waals surface area contributed by atoms with Crippen LogP contribution in [0.4, 0.5) is 17.1 Å². The lowest BCUT2D eigenvalue weighted by Gasteiger charge is -2.28. The van der Waals surface area contributed by atoms with Crippen molar-refractivity contribution in [3.05, 3.63) is 212 Å². The zero-order valence-electron chi connectivity index (χ0n) is 31.0. The largest absolute Gasteiger partial charge is 0.310 e. The van der Waals surface area contributed by atoms with Crippen LogP contribution in [-0.2, 0) is 0 Å². The van der Waals surface area contributed by atoms with E-state index in [-0.39, 0.29) is 0 Å². The lowest BCUT2D eigenvalue weighted by molar-refractivity contribution is 1.30. The predicted octanol–water partition coefficient (Wildman–Crippen LogP) is 15.5. The normalized spacial score (nSPS) is 11.2. The van der Waals surface area contributed by atoms with Crippen LogP contribution in [0.1, 0.15) is 0 Å². The molecule has 57 heavy (non-hydrogen) atoms. The third kappa shape index (κ3) is 6.80. The third-order valence-electron chi connectivity index (χ3n) is 10.6. The van der Waals surface area contributed by atoms with Gasteiger partial charge in [0.15, 0.2) is 0 Å². The number of fused-ring (bicyclic) bond motifs is 2. The van der Waals surface area contributed by atoms with Crippen LogP contribution < -0.4 is 4.90 Å². The highest BCUT2D eigenvalue weighted by Crippen LogP contribution is 2.43. The molecule has 0 saturated heterocycles. The number of thiazole rings is 1. The maximum absolute atomic E-state index is 4.90. The molecule has 1 heterocycles. The molecule has 0 aliphatic heterocycles. The molecule has 9 aromatic carbocycles. The number of hydrogen-bond donors (Lipinski definition) is 1. The highest BCUT2D eigenvalue weighted by molar-refractivity contribution is 7.80. The van der Waals surface area contributed by atoms with Crippen LogP contribution >= 0.6 is 24.0 Å². The summed E-state index contributed by atoms with van der Waals surface area (Å²) in [6.07, 6.45) is 0. The smallest absolute Gasteiger partial charge is 0.124 e. The first-order valence-corrected chi connectivity index (χ1v) is 20.4. The second kappa shape index (κ2) is 15.1. The fraction of sp³-hybridized carbons (Fsp3) is 0. The summed E-state index contributed by atoms with van der Waals surface area (Å²) in [6.45, 7) is 0. The van der Waals surface area contributed by atoms with Gasteiger partial charge in [0.25, 0.3) is 0 Å². The predicted molar refractivity (Wildman–Crippen MR) is 246 cm³/mol. The van der Waals surface area contributed by atoms with Crippen LogP contribution in [0.25, 0.3) is 76.1 Å². The van der Waals surface area contributed by atoms with Crippen LogP contribution in [0.15, 0.2) is 217 Å². The summed E-state index contributed by atoms with van der Waals surface area (Å²) in [5.74, 6) is 0. The molecule has 0 N–H and O–H groups in total. The lowest BCUT2D eigenvalue weighted by atomic mass is 9.96. The highest BCUT2D eigenvalue weighted by atomic mass is 32.1. The van der Waals surface area contributed by atoms with Gasteiger partial charge in [-0.25, -0.2) is 4.98 Å². The minimum atomic E-state index is 0.922. The number of benzene rings is 9. The van der Waals surface area contributed by atoms with E-state index in [4.69, 9.17) is 17.6 Å². The van der Waals surface area contributed by atoms with E-state index in [1.54, 1.807) is 11.3 Å². The Hall–Kier alpha value is -6.72. The highest BCUT2D eigenvalue weighted by Gasteiger charge is 2.18. The Labute approximate surface area is 342 Å². The molecule has 0 saturated carbocycles. The summed E-state index contributed by atoms with van der Waals surface area (Å²) >= 11 is 6.62. The Kier molecular flexibility index (Phi) is 9.19. The number of anilines is 3. The summed E-state index contributed by atoms with van der Waals surface area (Å²) in [5, 5.41) is 3.44. The topological polar surface area (TPSA) is 16.1 Å². The molecule has 0 unspecified atom stereocenters. The van der Waals surface area contributed by atoms with E-state index in [1.807, 2.05) is 6.07 Å². The van der Waals surface area contributed by atoms with Crippen LogP contribution in [-0.4, -0.2) is 4.98 Å². The summed E-state index contributed by atoms with van der Waals surface area (Å²) in [5.41, 5.74) is 14.8. The number of rotatable bonds is 8. The van der Waals surface area contributed by atoms with Gasteiger partial charge in [-0.15, -0.1) is 24.0 Å². The molecule has 10 rings (SSSR count). The molecule has 0 amide bonds. The number of aromatic nitrogens is 1. The van der Waals surface area contributed by atoms with Crippen LogP contribution in [0.3, 0.4) is 0 Å². The third-order valence-corrected chi connectivity index (χ3v) is 12.1. The molecule has 1 aromatic heterocycles. The summed E-state index contributed by atoms with van der Waals surface area (Å²) in [6, 6.07) is 75.8. The number of nitrogens with zero attached hydrogens (tertiary/aromatic N) is 2. The van der Waals surface area contributed by atoms with Gasteiger partial charge in [0.05, 0.1) is 15.9 Å². The zero-order valence-corrected chi connectivity index (χ0v) is 32.7. The van der Waals surface area contributed by atoms with Crippen molar-refractivity contribution in [1.82, 2.24) is 4.98 Å². The SMILES string of the molecule is Sc1cc2nc(-c3ccccc3)sc2cc1-c1ccc(-c2ccc(N(c3ccc(-c4ccccc4)cc3)c3ccc(-c4ccccc4)c4ccccc34)cc2)cc1.